The van der Waals surface area contributed by atoms with Crippen LogP contribution in [-0.4, -0.2) is 45.9 Å². The van der Waals surface area contributed by atoms with Crippen LogP contribution in [0, 0.1) is 30.9 Å². The van der Waals surface area contributed by atoms with Crippen LogP contribution in [0.5, 0.6) is 5.75 Å². The van der Waals surface area contributed by atoms with Crippen LogP contribution in [0.25, 0.3) is 22.4 Å². The lowest BCUT2D eigenvalue weighted by molar-refractivity contribution is -0.133. The first-order valence-electron chi connectivity index (χ1n) is 12.1. The fourth-order valence-corrected chi connectivity index (χ4v) is 4.84. The van der Waals surface area contributed by atoms with Crippen molar-refractivity contribution in [3.8, 4) is 40.5 Å². The molecule has 2 aromatic carbocycles. The number of halogens is 2. The number of carbonyl (C=O) groups excluding carboxylic acids is 2. The summed E-state index contributed by atoms with van der Waals surface area (Å²) in [6.45, 7) is 2.31. The minimum absolute atomic E-state index is 0.0231. The Morgan fingerprint density at radius 3 is 2.55 bits per heavy atom. The fourth-order valence-electron chi connectivity index (χ4n) is 4.84. The first-order chi connectivity index (χ1) is 18.2. The van der Waals surface area contributed by atoms with E-state index >= 15 is 8.78 Å². The third-order valence-corrected chi connectivity index (χ3v) is 7.13. The highest BCUT2D eigenvalue weighted by atomic mass is 19.1. The topological polar surface area (TPSA) is 124 Å². The minimum atomic E-state index is -0.909. The zero-order chi connectivity index (χ0) is 27.1. The average molecular weight is 518 g/mol. The Morgan fingerprint density at radius 1 is 1.18 bits per heavy atom. The van der Waals surface area contributed by atoms with E-state index in [1.54, 1.807) is 13.0 Å². The van der Waals surface area contributed by atoms with Gasteiger partial charge in [0, 0.05) is 17.7 Å². The second kappa shape index (κ2) is 9.74. The van der Waals surface area contributed by atoms with Gasteiger partial charge in [-0.1, -0.05) is 6.07 Å². The van der Waals surface area contributed by atoms with Gasteiger partial charge in [0.2, 0.25) is 0 Å². The number of aromatic nitrogens is 2. The third-order valence-electron chi connectivity index (χ3n) is 7.13. The summed E-state index contributed by atoms with van der Waals surface area (Å²) in [6, 6.07) is 5.30. The van der Waals surface area contributed by atoms with E-state index in [-0.39, 0.29) is 52.5 Å². The van der Waals surface area contributed by atoms with Crippen molar-refractivity contribution in [1.82, 2.24) is 14.9 Å². The summed E-state index contributed by atoms with van der Waals surface area (Å²) in [4.78, 5) is 33.6. The van der Waals surface area contributed by atoms with Crippen LogP contribution < -0.4 is 16.2 Å². The van der Waals surface area contributed by atoms with E-state index in [2.05, 4.69) is 15.9 Å². The number of hydrogen-bond acceptors (Lipinski definition) is 6. The predicted molar refractivity (Wildman–Crippen MR) is 137 cm³/mol. The third kappa shape index (κ3) is 4.41. The molecule has 1 atom stereocenters. The van der Waals surface area contributed by atoms with Gasteiger partial charge in [-0.2, -0.15) is 0 Å². The molecule has 2 amide bonds. The van der Waals surface area contributed by atoms with Crippen LogP contribution in [0.15, 0.2) is 30.6 Å². The van der Waals surface area contributed by atoms with E-state index in [0.717, 1.165) is 12.8 Å². The maximum absolute atomic E-state index is 15.7. The summed E-state index contributed by atoms with van der Waals surface area (Å²) in [5, 5.41) is 0. The van der Waals surface area contributed by atoms with Gasteiger partial charge in [-0.3, -0.25) is 9.59 Å². The molecule has 1 aliphatic carbocycles. The highest BCUT2D eigenvalue weighted by Gasteiger charge is 2.33. The van der Waals surface area contributed by atoms with Gasteiger partial charge in [0.05, 0.1) is 11.6 Å². The Hall–Kier alpha value is -4.52. The molecular formula is C28H25F2N5O3. The first-order valence-corrected chi connectivity index (χ1v) is 12.1. The van der Waals surface area contributed by atoms with Crippen LogP contribution >= 0.6 is 0 Å². The summed E-state index contributed by atoms with van der Waals surface area (Å²) in [6.07, 6.45) is 8.88. The zero-order valence-corrected chi connectivity index (χ0v) is 20.6. The molecule has 0 spiro atoms. The molecular weight excluding hydrogens is 492 g/mol. The number of carbonyl (C=O) groups is 2. The smallest absolute Gasteiger partial charge is 0.298 e. The highest BCUT2D eigenvalue weighted by molar-refractivity contribution is 5.96. The number of likely N-dealkylation sites (tertiary alicyclic amines) is 1. The average Bonchev–Trinajstić information content (AvgIpc) is 3.70. The molecule has 4 N–H and O–H groups in total. The number of nitrogens with two attached hydrogens (primary N) is 2. The van der Waals surface area contributed by atoms with Crippen molar-refractivity contribution in [3.63, 3.8) is 0 Å². The molecule has 8 nitrogen and oxygen atoms in total. The molecule has 10 heteroatoms. The number of hydrogen-bond donors (Lipinski definition) is 2. The summed E-state index contributed by atoms with van der Waals surface area (Å²) < 4.78 is 36.8. The maximum atomic E-state index is 15.7. The van der Waals surface area contributed by atoms with Crippen molar-refractivity contribution in [2.45, 2.75) is 38.1 Å². The number of rotatable bonds is 7. The molecule has 0 radical (unpaired) electrons. The standard InChI is InChI=1S/C28H25F2N5O3/c1-3-22(36)35-9-8-17(35)12-38-26-25(33-13-34-27(26)31)21-11-16(29)10-20(14(21)2)23-18(15-4-5-15)6-7-19(24(23)30)28(32)37/h1,6-7,10-11,13,15,17H,4-5,8-9,12H2,2H3,(H2,32,37)(H2,31,33,34). The lowest BCUT2D eigenvalue weighted by Crippen LogP contribution is -2.53. The van der Waals surface area contributed by atoms with Gasteiger partial charge in [0.1, 0.15) is 30.3 Å². The van der Waals surface area contributed by atoms with Gasteiger partial charge in [-0.15, -0.1) is 6.42 Å². The molecule has 1 saturated heterocycles. The van der Waals surface area contributed by atoms with E-state index in [1.807, 2.05) is 0 Å². The molecule has 0 bridgehead atoms. The molecule has 3 aromatic rings. The summed E-state index contributed by atoms with van der Waals surface area (Å²) in [5.41, 5.74) is 13.4. The maximum Gasteiger partial charge on any atom is 0.298 e. The molecule has 2 aliphatic rings. The van der Waals surface area contributed by atoms with Crippen molar-refractivity contribution >= 4 is 17.6 Å². The van der Waals surface area contributed by atoms with Gasteiger partial charge in [-0.25, -0.2) is 18.7 Å². The second-order valence-electron chi connectivity index (χ2n) is 9.49. The van der Waals surface area contributed by atoms with Gasteiger partial charge in [0.25, 0.3) is 11.8 Å². The Kier molecular flexibility index (Phi) is 6.45. The quantitative estimate of drug-likeness (QED) is 0.462. The number of ether oxygens (including phenoxy) is 1. The van der Waals surface area contributed by atoms with E-state index in [4.69, 9.17) is 22.6 Å². The summed E-state index contributed by atoms with van der Waals surface area (Å²) in [7, 11) is 0. The van der Waals surface area contributed by atoms with Crippen molar-refractivity contribution in [1.29, 1.82) is 0 Å². The van der Waals surface area contributed by atoms with Crippen molar-refractivity contribution in [2.24, 2.45) is 5.73 Å². The van der Waals surface area contributed by atoms with Gasteiger partial charge >= 0.3 is 0 Å². The van der Waals surface area contributed by atoms with E-state index in [1.165, 1.54) is 29.4 Å². The largest absolute Gasteiger partial charge is 0.485 e. The lowest BCUT2D eigenvalue weighted by Gasteiger charge is -2.39. The number of nitrogen functional groups attached to an aromatic ring is 1. The summed E-state index contributed by atoms with van der Waals surface area (Å²) in [5.74, 6) is -0.432. The number of terminal acetylenes is 1. The van der Waals surface area contributed by atoms with Crippen molar-refractivity contribution < 1.29 is 23.1 Å². The molecule has 1 saturated carbocycles. The molecule has 1 aliphatic heterocycles. The fraction of sp³-hybridized carbons (Fsp3) is 0.286. The highest BCUT2D eigenvalue weighted by Crippen LogP contribution is 2.47. The minimum Gasteiger partial charge on any atom is -0.485 e. The number of amides is 2. The van der Waals surface area contributed by atoms with Gasteiger partial charge < -0.3 is 21.1 Å². The Balaban J connectivity index is 1.59. The molecule has 2 fully saturated rings. The van der Waals surface area contributed by atoms with Crippen LogP contribution in [-0.2, 0) is 4.79 Å². The zero-order valence-electron chi connectivity index (χ0n) is 20.6. The van der Waals surface area contributed by atoms with Crippen LogP contribution in [0.2, 0.25) is 0 Å². The van der Waals surface area contributed by atoms with Crippen LogP contribution in [0.3, 0.4) is 0 Å². The normalized spacial score (nSPS) is 16.5. The predicted octanol–water partition coefficient (Wildman–Crippen LogP) is 3.57. The number of anilines is 1. The van der Waals surface area contributed by atoms with Crippen molar-refractivity contribution in [3.05, 3.63) is 58.9 Å². The van der Waals surface area contributed by atoms with E-state index < -0.39 is 23.4 Å². The summed E-state index contributed by atoms with van der Waals surface area (Å²) >= 11 is 0. The van der Waals surface area contributed by atoms with E-state index in [9.17, 15) is 9.59 Å². The molecule has 1 unspecified atom stereocenters. The molecule has 194 valence electrons. The SMILES string of the molecule is C#CC(=O)N1CCC1COc1c(N)ncnc1-c1cc(F)cc(-c2c(C3CC3)ccc(C(N)=O)c2F)c1C. The Bertz CT molecular complexity index is 1510. The molecule has 2 heterocycles. The monoisotopic (exact) mass is 517 g/mol. The Morgan fingerprint density at radius 2 is 1.92 bits per heavy atom. The van der Waals surface area contributed by atoms with Crippen LogP contribution in [0.1, 0.15) is 46.7 Å². The first kappa shape index (κ1) is 25.1. The second-order valence-corrected chi connectivity index (χ2v) is 9.49. The number of nitrogens with zero attached hydrogens (tertiary/aromatic N) is 3. The van der Waals surface area contributed by atoms with Gasteiger partial charge in [0.15, 0.2) is 11.6 Å². The number of benzene rings is 2. The van der Waals surface area contributed by atoms with Gasteiger partial charge in [-0.05, 0) is 72.9 Å². The molecule has 5 rings (SSSR count). The lowest BCUT2D eigenvalue weighted by atomic mass is 9.88. The van der Waals surface area contributed by atoms with Crippen molar-refractivity contribution in [2.75, 3.05) is 18.9 Å². The van der Waals surface area contributed by atoms with E-state index in [0.29, 0.717) is 29.7 Å². The molecule has 38 heavy (non-hydrogen) atoms. The van der Waals surface area contributed by atoms with Crippen LogP contribution in [0.4, 0.5) is 14.6 Å². The number of primary amides is 1. The molecule has 1 aromatic heterocycles. The Labute approximate surface area is 218 Å².